The van der Waals surface area contributed by atoms with Crippen molar-refractivity contribution in [3.63, 3.8) is 0 Å². The Kier molecular flexibility index (Phi) is 4.56. The Hall–Kier alpha value is -3.25. The van der Waals surface area contributed by atoms with Gasteiger partial charge in [0.2, 0.25) is 0 Å². The minimum absolute atomic E-state index is 0.155. The standard InChI is InChI=1S/C20H16ClN5O/c1-25(13-14-7-8-18(21)23-11-14)20(27)16-12-24-26-17(9-10-22-19(16)26)15-5-3-2-4-6-15/h2-12H,13H2,1H3. The maximum atomic E-state index is 12.9. The van der Waals surface area contributed by atoms with Gasteiger partial charge in [0, 0.05) is 31.5 Å². The van der Waals surface area contributed by atoms with Crippen molar-refractivity contribution in [1.29, 1.82) is 0 Å². The van der Waals surface area contributed by atoms with E-state index in [1.54, 1.807) is 41.1 Å². The second-order valence-electron chi connectivity index (χ2n) is 6.14. The van der Waals surface area contributed by atoms with Crippen molar-refractivity contribution in [1.82, 2.24) is 24.5 Å². The lowest BCUT2D eigenvalue weighted by Crippen LogP contribution is -2.26. The summed E-state index contributed by atoms with van der Waals surface area (Å²) in [4.78, 5) is 23.0. The van der Waals surface area contributed by atoms with Crippen molar-refractivity contribution >= 4 is 23.2 Å². The zero-order valence-corrected chi connectivity index (χ0v) is 15.3. The molecule has 0 aliphatic carbocycles. The highest BCUT2D eigenvalue weighted by molar-refractivity contribution is 6.29. The third-order valence-corrected chi connectivity index (χ3v) is 4.48. The normalized spacial score (nSPS) is 10.9. The van der Waals surface area contributed by atoms with E-state index in [9.17, 15) is 4.79 Å². The summed E-state index contributed by atoms with van der Waals surface area (Å²) in [6.07, 6.45) is 4.92. The molecule has 0 unspecified atom stereocenters. The van der Waals surface area contributed by atoms with Crippen molar-refractivity contribution in [3.8, 4) is 11.3 Å². The summed E-state index contributed by atoms with van der Waals surface area (Å²) in [5.41, 5.74) is 3.76. The van der Waals surface area contributed by atoms with Gasteiger partial charge >= 0.3 is 0 Å². The third kappa shape index (κ3) is 3.39. The number of nitrogens with zero attached hydrogens (tertiary/aromatic N) is 5. The van der Waals surface area contributed by atoms with E-state index < -0.39 is 0 Å². The molecule has 1 aromatic carbocycles. The molecule has 1 amide bonds. The summed E-state index contributed by atoms with van der Waals surface area (Å²) < 4.78 is 1.69. The van der Waals surface area contributed by atoms with Crippen LogP contribution in [0, 0.1) is 0 Å². The Bertz CT molecular complexity index is 1090. The number of benzene rings is 1. The second kappa shape index (κ2) is 7.17. The molecule has 0 aliphatic rings. The molecule has 4 rings (SSSR count). The van der Waals surface area contributed by atoms with Gasteiger partial charge in [-0.05, 0) is 17.7 Å². The van der Waals surface area contributed by atoms with E-state index >= 15 is 0 Å². The molecule has 6 nitrogen and oxygen atoms in total. The number of carbonyl (C=O) groups excluding carboxylic acids is 1. The van der Waals surface area contributed by atoms with E-state index in [0.29, 0.717) is 22.9 Å². The van der Waals surface area contributed by atoms with Crippen molar-refractivity contribution in [2.75, 3.05) is 7.05 Å². The average molecular weight is 378 g/mol. The topological polar surface area (TPSA) is 63.4 Å². The van der Waals surface area contributed by atoms with Crippen LogP contribution in [-0.4, -0.2) is 37.4 Å². The Morgan fingerprint density at radius 3 is 2.63 bits per heavy atom. The van der Waals surface area contributed by atoms with Crippen LogP contribution in [0.5, 0.6) is 0 Å². The maximum Gasteiger partial charge on any atom is 0.259 e. The molecule has 0 atom stereocenters. The molecule has 0 saturated carbocycles. The van der Waals surface area contributed by atoms with Gasteiger partial charge in [-0.25, -0.2) is 14.5 Å². The van der Waals surface area contributed by atoms with Crippen LogP contribution in [0.25, 0.3) is 16.9 Å². The first-order chi connectivity index (χ1) is 13.1. The fourth-order valence-electron chi connectivity index (χ4n) is 2.92. The van der Waals surface area contributed by atoms with Gasteiger partial charge in [0.1, 0.15) is 10.7 Å². The molecule has 0 fully saturated rings. The number of fused-ring (bicyclic) bond motifs is 1. The van der Waals surface area contributed by atoms with Crippen LogP contribution in [-0.2, 0) is 6.54 Å². The van der Waals surface area contributed by atoms with Gasteiger partial charge in [-0.3, -0.25) is 4.79 Å². The fraction of sp³-hybridized carbons (Fsp3) is 0.100. The molecule has 4 aromatic rings. The van der Waals surface area contributed by atoms with E-state index in [1.807, 2.05) is 42.5 Å². The van der Waals surface area contributed by atoms with Crippen LogP contribution >= 0.6 is 11.6 Å². The lowest BCUT2D eigenvalue weighted by atomic mass is 10.1. The molecule has 0 N–H and O–H groups in total. The van der Waals surface area contributed by atoms with E-state index in [-0.39, 0.29) is 5.91 Å². The Balaban J connectivity index is 1.65. The number of pyridine rings is 1. The summed E-state index contributed by atoms with van der Waals surface area (Å²) in [5.74, 6) is -0.155. The molecule has 0 bridgehead atoms. The van der Waals surface area contributed by atoms with Crippen molar-refractivity contribution in [2.45, 2.75) is 6.54 Å². The predicted molar refractivity (Wildman–Crippen MR) is 103 cm³/mol. The molecule has 3 aromatic heterocycles. The number of rotatable bonds is 4. The molecule has 0 radical (unpaired) electrons. The largest absolute Gasteiger partial charge is 0.337 e. The molecule has 0 aliphatic heterocycles. The van der Waals surface area contributed by atoms with Crippen LogP contribution in [0.15, 0.2) is 67.1 Å². The highest BCUT2D eigenvalue weighted by Crippen LogP contribution is 2.21. The van der Waals surface area contributed by atoms with Crippen molar-refractivity contribution < 1.29 is 4.79 Å². The summed E-state index contributed by atoms with van der Waals surface area (Å²) in [7, 11) is 1.74. The average Bonchev–Trinajstić information content (AvgIpc) is 3.14. The quantitative estimate of drug-likeness (QED) is 0.508. The highest BCUT2D eigenvalue weighted by atomic mass is 35.5. The number of amides is 1. The van der Waals surface area contributed by atoms with E-state index in [0.717, 1.165) is 16.8 Å². The van der Waals surface area contributed by atoms with Gasteiger partial charge in [0.15, 0.2) is 5.65 Å². The number of carbonyl (C=O) groups is 1. The minimum atomic E-state index is -0.155. The summed E-state index contributed by atoms with van der Waals surface area (Å²) in [6, 6.07) is 15.3. The monoisotopic (exact) mass is 377 g/mol. The summed E-state index contributed by atoms with van der Waals surface area (Å²) in [5, 5.41) is 4.82. The number of aromatic nitrogens is 4. The van der Waals surface area contributed by atoms with Gasteiger partial charge in [-0.15, -0.1) is 0 Å². The van der Waals surface area contributed by atoms with Gasteiger partial charge in [-0.2, -0.15) is 5.10 Å². The van der Waals surface area contributed by atoms with Crippen LogP contribution < -0.4 is 0 Å². The second-order valence-corrected chi connectivity index (χ2v) is 6.53. The first-order valence-electron chi connectivity index (χ1n) is 8.37. The first kappa shape index (κ1) is 17.2. The molecular weight excluding hydrogens is 362 g/mol. The zero-order valence-electron chi connectivity index (χ0n) is 14.6. The number of hydrogen-bond acceptors (Lipinski definition) is 4. The first-order valence-corrected chi connectivity index (χ1v) is 8.75. The van der Waals surface area contributed by atoms with E-state index in [4.69, 9.17) is 11.6 Å². The number of halogens is 1. The summed E-state index contributed by atoms with van der Waals surface area (Å²) >= 11 is 5.81. The van der Waals surface area contributed by atoms with Crippen LogP contribution in [0.4, 0.5) is 0 Å². The highest BCUT2D eigenvalue weighted by Gasteiger charge is 2.19. The smallest absolute Gasteiger partial charge is 0.259 e. The fourth-order valence-corrected chi connectivity index (χ4v) is 3.03. The lowest BCUT2D eigenvalue weighted by Gasteiger charge is -2.16. The van der Waals surface area contributed by atoms with Crippen LogP contribution in [0.1, 0.15) is 15.9 Å². The van der Waals surface area contributed by atoms with Crippen LogP contribution in [0.3, 0.4) is 0 Å². The molecular formula is C20H16ClN5O. The van der Waals surface area contributed by atoms with Gasteiger partial charge in [0.05, 0.1) is 11.9 Å². The molecule has 0 saturated heterocycles. The molecule has 3 heterocycles. The van der Waals surface area contributed by atoms with Gasteiger partial charge in [0.25, 0.3) is 5.91 Å². The summed E-state index contributed by atoms with van der Waals surface area (Å²) in [6.45, 7) is 0.415. The SMILES string of the molecule is CN(Cc1ccc(Cl)nc1)C(=O)c1cnn2c(-c3ccccc3)ccnc12. The van der Waals surface area contributed by atoms with E-state index in [1.165, 1.54) is 0 Å². The van der Waals surface area contributed by atoms with Crippen LogP contribution in [0.2, 0.25) is 5.15 Å². The Morgan fingerprint density at radius 1 is 1.07 bits per heavy atom. The molecule has 134 valence electrons. The van der Waals surface area contributed by atoms with Crippen molar-refractivity contribution in [3.05, 3.63) is 83.4 Å². The third-order valence-electron chi connectivity index (χ3n) is 4.26. The van der Waals surface area contributed by atoms with Gasteiger partial charge in [-0.1, -0.05) is 48.0 Å². The zero-order chi connectivity index (χ0) is 18.8. The van der Waals surface area contributed by atoms with E-state index in [2.05, 4.69) is 15.1 Å². The lowest BCUT2D eigenvalue weighted by molar-refractivity contribution is 0.0786. The molecule has 0 spiro atoms. The molecule has 27 heavy (non-hydrogen) atoms. The molecule has 7 heteroatoms. The maximum absolute atomic E-state index is 12.9. The minimum Gasteiger partial charge on any atom is -0.337 e. The van der Waals surface area contributed by atoms with Crippen molar-refractivity contribution in [2.24, 2.45) is 0 Å². The number of hydrogen-bond donors (Lipinski definition) is 0. The Morgan fingerprint density at radius 2 is 1.89 bits per heavy atom. The predicted octanol–water partition coefficient (Wildman–Crippen LogP) is 3.72. The Labute approximate surface area is 161 Å². The van der Waals surface area contributed by atoms with Gasteiger partial charge < -0.3 is 4.90 Å².